The number of nitrogens with one attached hydrogen (secondary N) is 1. The second kappa shape index (κ2) is 5.59. The molecule has 0 aliphatic carbocycles. The topological polar surface area (TPSA) is 66.0 Å². The fourth-order valence-electron chi connectivity index (χ4n) is 1.72. The summed E-state index contributed by atoms with van der Waals surface area (Å²) in [6.45, 7) is 1.90. The van der Waals surface area contributed by atoms with E-state index in [1.54, 1.807) is 24.3 Å². The molecule has 0 saturated heterocycles. The average molecular weight is 275 g/mol. The quantitative estimate of drug-likeness (QED) is 0.929. The first-order valence-electron chi connectivity index (χ1n) is 5.73. The van der Waals surface area contributed by atoms with Gasteiger partial charge in [0.1, 0.15) is 11.8 Å². The lowest BCUT2D eigenvalue weighted by Crippen LogP contribution is -2.13. The second-order valence-corrected chi connectivity index (χ2v) is 4.30. The Bertz CT molecular complexity index is 656. The van der Waals surface area contributed by atoms with Gasteiger partial charge in [0.05, 0.1) is 23.1 Å². The molecule has 19 heavy (non-hydrogen) atoms. The van der Waals surface area contributed by atoms with Gasteiger partial charge < -0.3 is 9.73 Å². The van der Waals surface area contributed by atoms with Crippen molar-refractivity contribution in [2.24, 2.45) is 0 Å². The normalized spacial score (nSPS) is 9.95. The fourth-order valence-corrected chi connectivity index (χ4v) is 1.90. The molecule has 4 nitrogen and oxygen atoms in total. The average Bonchev–Trinajstić information content (AvgIpc) is 2.87. The molecule has 0 bridgehead atoms. The molecule has 1 heterocycles. The summed E-state index contributed by atoms with van der Waals surface area (Å²) in [5.41, 5.74) is 1.22. The molecule has 0 atom stereocenters. The fraction of sp³-hybridized carbons (Fsp3) is 0.143. The standard InChI is InChI=1S/C14H11ClN2O2/c1-2-13-11(5-6-19-13)14(18)17-12-7-10(15)4-3-9(12)8-16/h3-7H,2H2,1H3,(H,17,18). The zero-order valence-corrected chi connectivity index (χ0v) is 11.0. The Morgan fingerprint density at radius 3 is 2.95 bits per heavy atom. The summed E-state index contributed by atoms with van der Waals surface area (Å²) in [5, 5.41) is 12.1. The lowest BCUT2D eigenvalue weighted by atomic mass is 10.1. The van der Waals surface area contributed by atoms with E-state index < -0.39 is 0 Å². The third-order valence-electron chi connectivity index (χ3n) is 2.66. The lowest BCUT2D eigenvalue weighted by molar-refractivity contribution is 0.102. The highest BCUT2D eigenvalue weighted by Gasteiger charge is 2.15. The SMILES string of the molecule is CCc1occc1C(=O)Nc1cc(Cl)ccc1C#N. The minimum Gasteiger partial charge on any atom is -0.469 e. The highest BCUT2D eigenvalue weighted by Crippen LogP contribution is 2.22. The number of nitriles is 1. The Morgan fingerprint density at radius 2 is 2.26 bits per heavy atom. The molecule has 2 aromatic rings. The van der Waals surface area contributed by atoms with Crippen molar-refractivity contribution < 1.29 is 9.21 Å². The number of rotatable bonds is 3. The summed E-state index contributed by atoms with van der Waals surface area (Å²) in [6.07, 6.45) is 2.09. The molecule has 1 N–H and O–H groups in total. The number of nitrogens with zero attached hydrogens (tertiary/aromatic N) is 1. The summed E-state index contributed by atoms with van der Waals surface area (Å²) in [5.74, 6) is 0.294. The van der Waals surface area contributed by atoms with Gasteiger partial charge in [-0.3, -0.25) is 4.79 Å². The Labute approximate surface area is 115 Å². The molecule has 5 heteroatoms. The first kappa shape index (κ1) is 13.2. The van der Waals surface area contributed by atoms with Crippen molar-refractivity contribution in [3.63, 3.8) is 0 Å². The number of benzene rings is 1. The van der Waals surface area contributed by atoms with Crippen LogP contribution in [-0.2, 0) is 6.42 Å². The van der Waals surface area contributed by atoms with Gasteiger partial charge in [0, 0.05) is 11.4 Å². The van der Waals surface area contributed by atoms with Gasteiger partial charge in [0.25, 0.3) is 5.91 Å². The molecule has 0 saturated carbocycles. The van der Waals surface area contributed by atoms with E-state index in [-0.39, 0.29) is 5.91 Å². The smallest absolute Gasteiger partial charge is 0.259 e. The molecule has 0 aliphatic rings. The molecule has 1 amide bonds. The first-order valence-corrected chi connectivity index (χ1v) is 6.11. The van der Waals surface area contributed by atoms with E-state index in [2.05, 4.69) is 5.32 Å². The summed E-state index contributed by atoms with van der Waals surface area (Å²) in [7, 11) is 0. The Morgan fingerprint density at radius 1 is 1.47 bits per heavy atom. The Hall–Kier alpha value is -2.25. The van der Waals surface area contributed by atoms with E-state index in [4.69, 9.17) is 21.3 Å². The number of aryl methyl sites for hydroxylation is 1. The number of furan rings is 1. The van der Waals surface area contributed by atoms with Crippen molar-refractivity contribution in [2.75, 3.05) is 5.32 Å². The van der Waals surface area contributed by atoms with Gasteiger partial charge in [0.15, 0.2) is 0 Å². The zero-order valence-electron chi connectivity index (χ0n) is 10.2. The summed E-state index contributed by atoms with van der Waals surface area (Å²) < 4.78 is 5.20. The van der Waals surface area contributed by atoms with E-state index in [9.17, 15) is 4.79 Å². The molecule has 1 aromatic heterocycles. The molecule has 1 aromatic carbocycles. The van der Waals surface area contributed by atoms with Gasteiger partial charge in [-0.15, -0.1) is 0 Å². The highest BCUT2D eigenvalue weighted by atomic mass is 35.5. The minimum atomic E-state index is -0.315. The molecule has 0 fully saturated rings. The van der Waals surface area contributed by atoms with Crippen molar-refractivity contribution in [1.82, 2.24) is 0 Å². The predicted octanol–water partition coefficient (Wildman–Crippen LogP) is 3.62. The minimum absolute atomic E-state index is 0.315. The molecular weight excluding hydrogens is 264 g/mol. The number of carbonyl (C=O) groups is 1. The molecule has 0 aliphatic heterocycles. The lowest BCUT2D eigenvalue weighted by Gasteiger charge is -2.07. The van der Waals surface area contributed by atoms with Crippen LogP contribution in [0.15, 0.2) is 34.9 Å². The number of halogens is 1. The molecule has 2 rings (SSSR count). The summed E-state index contributed by atoms with van der Waals surface area (Å²) >= 11 is 5.86. The van der Waals surface area contributed by atoms with Crippen LogP contribution in [0.4, 0.5) is 5.69 Å². The zero-order chi connectivity index (χ0) is 13.8. The molecule has 96 valence electrons. The van der Waals surface area contributed by atoms with E-state index >= 15 is 0 Å². The predicted molar refractivity (Wildman–Crippen MR) is 72.2 cm³/mol. The maximum Gasteiger partial charge on any atom is 0.259 e. The Balaban J connectivity index is 2.29. The third kappa shape index (κ3) is 2.78. The van der Waals surface area contributed by atoms with Crippen LogP contribution in [0.3, 0.4) is 0 Å². The number of amides is 1. The largest absolute Gasteiger partial charge is 0.469 e. The van der Waals surface area contributed by atoms with Crippen molar-refractivity contribution in [2.45, 2.75) is 13.3 Å². The van der Waals surface area contributed by atoms with Gasteiger partial charge in [-0.2, -0.15) is 5.26 Å². The summed E-state index contributed by atoms with van der Waals surface area (Å²) in [6, 6.07) is 8.32. The second-order valence-electron chi connectivity index (χ2n) is 3.87. The van der Waals surface area contributed by atoms with Gasteiger partial charge in [0.2, 0.25) is 0 Å². The van der Waals surface area contributed by atoms with Crippen LogP contribution in [0.5, 0.6) is 0 Å². The summed E-state index contributed by atoms with van der Waals surface area (Å²) in [4.78, 5) is 12.1. The van der Waals surface area contributed by atoms with Gasteiger partial charge in [-0.1, -0.05) is 18.5 Å². The highest BCUT2D eigenvalue weighted by molar-refractivity contribution is 6.31. The van der Waals surface area contributed by atoms with Crippen molar-refractivity contribution in [1.29, 1.82) is 5.26 Å². The molecular formula is C14H11ClN2O2. The van der Waals surface area contributed by atoms with Crippen LogP contribution in [0.1, 0.15) is 28.6 Å². The van der Waals surface area contributed by atoms with E-state index in [1.807, 2.05) is 13.0 Å². The van der Waals surface area contributed by atoms with E-state index in [0.717, 1.165) is 0 Å². The monoisotopic (exact) mass is 274 g/mol. The van der Waals surface area contributed by atoms with Crippen LogP contribution in [0.25, 0.3) is 0 Å². The number of hydrogen-bond acceptors (Lipinski definition) is 3. The van der Waals surface area contributed by atoms with Gasteiger partial charge in [-0.25, -0.2) is 0 Å². The maximum absolute atomic E-state index is 12.1. The van der Waals surface area contributed by atoms with Crippen molar-refractivity contribution in [3.8, 4) is 6.07 Å². The number of anilines is 1. The van der Waals surface area contributed by atoms with E-state index in [1.165, 1.54) is 6.26 Å². The number of hydrogen-bond donors (Lipinski definition) is 1. The van der Waals surface area contributed by atoms with Crippen LogP contribution < -0.4 is 5.32 Å². The van der Waals surface area contributed by atoms with Gasteiger partial charge >= 0.3 is 0 Å². The van der Waals surface area contributed by atoms with Crippen molar-refractivity contribution >= 4 is 23.2 Å². The first-order chi connectivity index (χ1) is 9.15. The van der Waals surface area contributed by atoms with Crippen molar-refractivity contribution in [3.05, 3.63) is 52.4 Å². The van der Waals surface area contributed by atoms with Gasteiger partial charge in [-0.05, 0) is 24.3 Å². The molecule has 0 spiro atoms. The Kier molecular flexibility index (Phi) is 3.88. The van der Waals surface area contributed by atoms with Crippen LogP contribution >= 0.6 is 11.6 Å². The molecule has 0 unspecified atom stereocenters. The van der Waals surface area contributed by atoms with Crippen LogP contribution in [0, 0.1) is 11.3 Å². The maximum atomic E-state index is 12.1. The third-order valence-corrected chi connectivity index (χ3v) is 2.90. The van der Waals surface area contributed by atoms with E-state index in [0.29, 0.717) is 34.0 Å². The van der Waals surface area contributed by atoms with Crippen LogP contribution in [0.2, 0.25) is 5.02 Å². The van der Waals surface area contributed by atoms with Crippen LogP contribution in [-0.4, -0.2) is 5.91 Å². The molecule has 0 radical (unpaired) electrons. The number of carbonyl (C=O) groups excluding carboxylic acids is 1.